The summed E-state index contributed by atoms with van der Waals surface area (Å²) in [6.45, 7) is 8.09. The van der Waals surface area contributed by atoms with Gasteiger partial charge in [0, 0.05) is 19.9 Å². The lowest BCUT2D eigenvalue weighted by Crippen LogP contribution is -2.49. The first kappa shape index (κ1) is 23.1. The van der Waals surface area contributed by atoms with Crippen molar-refractivity contribution in [3.63, 3.8) is 0 Å². The molecule has 1 N–H and O–H groups in total. The maximum atomic E-state index is 12.4. The summed E-state index contributed by atoms with van der Waals surface area (Å²) in [7, 11) is 0. The fourth-order valence-corrected chi connectivity index (χ4v) is 3.52. The van der Waals surface area contributed by atoms with Gasteiger partial charge < -0.3 is 19.5 Å². The van der Waals surface area contributed by atoms with Gasteiger partial charge in [-0.2, -0.15) is 0 Å². The van der Waals surface area contributed by atoms with Crippen molar-refractivity contribution in [3.8, 4) is 11.1 Å². The fraction of sp³-hybridized carbons (Fsp3) is 0.320. The Kier molecular flexibility index (Phi) is 6.98. The van der Waals surface area contributed by atoms with Crippen LogP contribution >= 0.6 is 0 Å². The summed E-state index contributed by atoms with van der Waals surface area (Å²) >= 11 is 0. The molecular weight excluding hydrogens is 410 g/mol. The number of carbonyl (C=O) groups is 3. The van der Waals surface area contributed by atoms with Gasteiger partial charge in [-0.25, -0.2) is 4.79 Å². The Morgan fingerprint density at radius 3 is 2.16 bits per heavy atom. The first-order valence-corrected chi connectivity index (χ1v) is 10.4. The maximum absolute atomic E-state index is 12.4. The molecule has 1 atom stereocenters. The zero-order valence-corrected chi connectivity index (χ0v) is 18.4. The number of benzene rings is 2. The second kappa shape index (κ2) is 9.68. The number of esters is 2. The SMILES string of the molecule is C=C(C)OC(=O)N[C@H](Cc1ccc(-c2ccccc2)cc1)CC1C(=O)OC(C)(C)OC1=O. The molecule has 0 bridgehead atoms. The van der Waals surface area contributed by atoms with Gasteiger partial charge in [0.15, 0.2) is 5.92 Å². The predicted octanol–water partition coefficient (Wildman–Crippen LogP) is 4.37. The van der Waals surface area contributed by atoms with Gasteiger partial charge in [-0.05, 0) is 36.5 Å². The van der Waals surface area contributed by atoms with Gasteiger partial charge in [-0.1, -0.05) is 61.2 Å². The lowest BCUT2D eigenvalue weighted by molar-refractivity contribution is -0.240. The molecule has 1 saturated heterocycles. The molecule has 0 aromatic heterocycles. The van der Waals surface area contributed by atoms with Crippen molar-refractivity contribution < 1.29 is 28.6 Å². The fourth-order valence-electron chi connectivity index (χ4n) is 3.52. The number of cyclic esters (lactones) is 2. The Morgan fingerprint density at radius 1 is 1.03 bits per heavy atom. The highest BCUT2D eigenvalue weighted by molar-refractivity contribution is 5.96. The standard InChI is InChI=1S/C25H27NO6/c1-16(2)30-24(29)26-20(15-21-22(27)31-25(3,4)32-23(21)28)14-17-10-12-19(13-11-17)18-8-6-5-7-9-18/h5-13,20-21H,1,14-15H2,2-4H3,(H,26,29)/t20-/m1/s1. The predicted molar refractivity (Wildman–Crippen MR) is 118 cm³/mol. The van der Waals surface area contributed by atoms with Gasteiger partial charge in [0.25, 0.3) is 5.79 Å². The quantitative estimate of drug-likeness (QED) is 0.393. The van der Waals surface area contributed by atoms with E-state index in [1.54, 1.807) is 6.92 Å². The molecule has 1 aliphatic heterocycles. The average molecular weight is 437 g/mol. The molecule has 1 fully saturated rings. The smallest absolute Gasteiger partial charge is 0.412 e. The van der Waals surface area contributed by atoms with Gasteiger partial charge in [0.1, 0.15) is 0 Å². The Morgan fingerprint density at radius 2 is 1.59 bits per heavy atom. The van der Waals surface area contributed by atoms with Crippen molar-refractivity contribution in [1.29, 1.82) is 0 Å². The van der Waals surface area contributed by atoms with Crippen LogP contribution in [0.4, 0.5) is 4.79 Å². The van der Waals surface area contributed by atoms with Gasteiger partial charge >= 0.3 is 18.0 Å². The van der Waals surface area contributed by atoms with Crippen LogP contribution in [0, 0.1) is 5.92 Å². The van der Waals surface area contributed by atoms with Crippen molar-refractivity contribution in [2.45, 2.75) is 45.4 Å². The van der Waals surface area contributed by atoms with Crippen LogP contribution in [0.15, 0.2) is 66.9 Å². The molecule has 0 unspecified atom stereocenters. The number of carbonyl (C=O) groups excluding carboxylic acids is 3. The monoisotopic (exact) mass is 437 g/mol. The highest BCUT2D eigenvalue weighted by atomic mass is 16.7. The Labute approximate surface area is 187 Å². The molecular formula is C25H27NO6. The first-order chi connectivity index (χ1) is 15.1. The summed E-state index contributed by atoms with van der Waals surface area (Å²) in [5, 5.41) is 2.71. The van der Waals surface area contributed by atoms with Crippen molar-refractivity contribution in [1.82, 2.24) is 5.32 Å². The molecule has 0 radical (unpaired) electrons. The molecule has 7 nitrogen and oxygen atoms in total. The lowest BCUT2D eigenvalue weighted by atomic mass is 9.93. The molecule has 3 rings (SSSR count). The number of rotatable bonds is 7. The zero-order valence-electron chi connectivity index (χ0n) is 18.4. The summed E-state index contributed by atoms with van der Waals surface area (Å²) in [4.78, 5) is 37.0. The largest absolute Gasteiger partial charge is 0.422 e. The summed E-state index contributed by atoms with van der Waals surface area (Å²) in [6, 6.07) is 17.2. The normalized spacial score (nSPS) is 16.5. The summed E-state index contributed by atoms with van der Waals surface area (Å²) in [5.74, 6) is -3.57. The third-order valence-electron chi connectivity index (χ3n) is 4.91. The topological polar surface area (TPSA) is 90.9 Å². The number of nitrogens with one attached hydrogen (secondary N) is 1. The van der Waals surface area contributed by atoms with Crippen molar-refractivity contribution in [3.05, 3.63) is 72.5 Å². The van der Waals surface area contributed by atoms with Crippen LogP contribution in [-0.4, -0.2) is 29.9 Å². The highest BCUT2D eigenvalue weighted by Gasteiger charge is 2.44. The van der Waals surface area contributed by atoms with E-state index < -0.39 is 35.8 Å². The van der Waals surface area contributed by atoms with Gasteiger partial charge in [0.05, 0.1) is 5.76 Å². The van der Waals surface area contributed by atoms with E-state index in [0.717, 1.165) is 16.7 Å². The maximum Gasteiger partial charge on any atom is 0.412 e. The molecule has 1 aliphatic rings. The Balaban J connectivity index is 1.75. The van der Waals surface area contributed by atoms with E-state index in [9.17, 15) is 14.4 Å². The van der Waals surface area contributed by atoms with Gasteiger partial charge in [0.2, 0.25) is 0 Å². The molecule has 7 heteroatoms. The van der Waals surface area contributed by atoms with Crippen LogP contribution in [0.25, 0.3) is 11.1 Å². The van der Waals surface area contributed by atoms with Crippen LogP contribution in [0.1, 0.15) is 32.8 Å². The van der Waals surface area contributed by atoms with E-state index in [1.807, 2.05) is 54.6 Å². The van der Waals surface area contributed by atoms with E-state index in [2.05, 4.69) is 11.9 Å². The molecule has 168 valence electrons. The molecule has 2 aromatic carbocycles. The molecule has 0 aliphatic carbocycles. The van der Waals surface area contributed by atoms with Crippen LogP contribution < -0.4 is 5.32 Å². The number of allylic oxidation sites excluding steroid dienone is 1. The zero-order chi connectivity index (χ0) is 23.3. The molecule has 0 spiro atoms. The van der Waals surface area contributed by atoms with Crippen molar-refractivity contribution in [2.75, 3.05) is 0 Å². The summed E-state index contributed by atoms with van der Waals surface area (Å²) < 4.78 is 15.4. The minimum atomic E-state index is -1.31. The van der Waals surface area contributed by atoms with Crippen LogP contribution in [-0.2, 0) is 30.2 Å². The number of hydrogen-bond acceptors (Lipinski definition) is 6. The third kappa shape index (κ3) is 6.20. The number of amides is 1. The lowest BCUT2D eigenvalue weighted by Gasteiger charge is -2.34. The Bertz CT molecular complexity index is 977. The minimum Gasteiger partial charge on any atom is -0.422 e. The number of alkyl carbamates (subject to hydrolysis) is 1. The third-order valence-corrected chi connectivity index (χ3v) is 4.91. The first-order valence-electron chi connectivity index (χ1n) is 10.4. The second-order valence-electron chi connectivity index (χ2n) is 8.23. The number of ether oxygens (including phenoxy) is 3. The summed E-state index contributed by atoms with van der Waals surface area (Å²) in [6.07, 6.45) is -0.318. The minimum absolute atomic E-state index is 0.0134. The van der Waals surface area contributed by atoms with Crippen molar-refractivity contribution >= 4 is 18.0 Å². The summed E-state index contributed by atoms with van der Waals surface area (Å²) in [5.41, 5.74) is 3.07. The van der Waals surface area contributed by atoms with Crippen LogP contribution in [0.5, 0.6) is 0 Å². The Hall–Kier alpha value is -3.61. The average Bonchev–Trinajstić information content (AvgIpc) is 2.70. The van der Waals surface area contributed by atoms with Crippen LogP contribution in [0.2, 0.25) is 0 Å². The number of hydrogen-bond donors (Lipinski definition) is 1. The van der Waals surface area contributed by atoms with E-state index >= 15 is 0 Å². The molecule has 1 heterocycles. The second-order valence-corrected chi connectivity index (χ2v) is 8.23. The van der Waals surface area contributed by atoms with Gasteiger partial charge in [-0.3, -0.25) is 9.59 Å². The highest BCUT2D eigenvalue weighted by Crippen LogP contribution is 2.27. The molecule has 2 aromatic rings. The van der Waals surface area contributed by atoms with E-state index in [0.29, 0.717) is 6.42 Å². The molecule has 32 heavy (non-hydrogen) atoms. The van der Waals surface area contributed by atoms with E-state index in [-0.39, 0.29) is 12.2 Å². The molecule has 0 saturated carbocycles. The van der Waals surface area contributed by atoms with E-state index in [4.69, 9.17) is 14.2 Å². The van der Waals surface area contributed by atoms with Gasteiger partial charge in [-0.15, -0.1) is 0 Å². The van der Waals surface area contributed by atoms with Crippen LogP contribution in [0.3, 0.4) is 0 Å². The molecule has 1 amide bonds. The van der Waals surface area contributed by atoms with E-state index in [1.165, 1.54) is 13.8 Å². The van der Waals surface area contributed by atoms with Crippen molar-refractivity contribution in [2.24, 2.45) is 5.92 Å².